The highest BCUT2D eigenvalue weighted by atomic mass is 32.2. The molecule has 2 unspecified atom stereocenters. The van der Waals surface area contributed by atoms with Gasteiger partial charge in [0.1, 0.15) is 0 Å². The second-order valence-corrected chi connectivity index (χ2v) is 8.55. The van der Waals surface area contributed by atoms with Crippen molar-refractivity contribution in [3.8, 4) is 0 Å². The lowest BCUT2D eigenvalue weighted by Gasteiger charge is -2.26. The maximum atomic E-state index is 13.3. The topological polar surface area (TPSA) is 54.4 Å². The van der Waals surface area contributed by atoms with Crippen molar-refractivity contribution in [2.24, 2.45) is 5.92 Å². The normalized spacial score (nSPS) is 14.2. The summed E-state index contributed by atoms with van der Waals surface area (Å²) in [5.74, 6) is -0.301. The third-order valence-electron chi connectivity index (χ3n) is 4.63. The lowest BCUT2D eigenvalue weighted by Crippen LogP contribution is -2.25. The van der Waals surface area contributed by atoms with Gasteiger partial charge >= 0.3 is 0 Å². The first-order valence-electron chi connectivity index (χ1n) is 9.06. The molecule has 0 aliphatic heterocycles. The zero-order chi connectivity index (χ0) is 18.1. The fourth-order valence-electron chi connectivity index (χ4n) is 3.28. The highest BCUT2D eigenvalue weighted by Crippen LogP contribution is 2.37. The van der Waals surface area contributed by atoms with Gasteiger partial charge in [0, 0.05) is 12.5 Å². The highest BCUT2D eigenvalue weighted by Gasteiger charge is 2.35. The van der Waals surface area contributed by atoms with Crippen LogP contribution in [0.15, 0.2) is 65.6 Å². The summed E-state index contributed by atoms with van der Waals surface area (Å²) in [6, 6.07) is 17.8. The predicted molar refractivity (Wildman–Crippen MR) is 102 cm³/mol. The molecule has 25 heavy (non-hydrogen) atoms. The van der Waals surface area contributed by atoms with Gasteiger partial charge in [-0.2, -0.15) is 0 Å². The molecule has 2 atom stereocenters. The van der Waals surface area contributed by atoms with Crippen molar-refractivity contribution in [3.63, 3.8) is 0 Å². The number of rotatable bonds is 10. The largest absolute Gasteiger partial charge is 0.396 e. The van der Waals surface area contributed by atoms with Gasteiger partial charge in [0.15, 0.2) is 9.84 Å². The molecule has 0 spiro atoms. The molecule has 0 aromatic heterocycles. The van der Waals surface area contributed by atoms with Gasteiger partial charge in [-0.05, 0) is 24.1 Å². The van der Waals surface area contributed by atoms with Crippen LogP contribution >= 0.6 is 0 Å². The quantitative estimate of drug-likeness (QED) is 0.620. The Bertz CT molecular complexity index is 711. The molecule has 2 rings (SSSR count). The molecule has 0 radical (unpaired) electrons. The standard InChI is InChI=1S/C21H28O3S/c1-2-3-4-7-14-19(17-22)21(18-12-8-5-9-13-18)25(23,24)20-15-10-6-11-16-20/h5-6,8-13,15-16,19,21-22H,2-4,7,14,17H2,1H3. The van der Waals surface area contributed by atoms with Gasteiger partial charge in [-0.15, -0.1) is 0 Å². The number of sulfone groups is 1. The Morgan fingerprint density at radius 1 is 0.880 bits per heavy atom. The summed E-state index contributed by atoms with van der Waals surface area (Å²) in [4.78, 5) is 0.316. The summed E-state index contributed by atoms with van der Waals surface area (Å²) < 4.78 is 26.6. The van der Waals surface area contributed by atoms with Crippen molar-refractivity contribution in [3.05, 3.63) is 66.2 Å². The van der Waals surface area contributed by atoms with E-state index in [9.17, 15) is 13.5 Å². The molecule has 2 aromatic rings. The van der Waals surface area contributed by atoms with Crippen molar-refractivity contribution >= 4 is 9.84 Å². The molecule has 0 aliphatic rings. The monoisotopic (exact) mass is 360 g/mol. The van der Waals surface area contributed by atoms with Gasteiger partial charge < -0.3 is 5.11 Å². The van der Waals surface area contributed by atoms with E-state index in [1.807, 2.05) is 36.4 Å². The zero-order valence-electron chi connectivity index (χ0n) is 14.8. The van der Waals surface area contributed by atoms with Gasteiger partial charge in [-0.25, -0.2) is 8.42 Å². The van der Waals surface area contributed by atoms with Gasteiger partial charge in [0.05, 0.1) is 10.1 Å². The van der Waals surface area contributed by atoms with Crippen LogP contribution in [-0.4, -0.2) is 20.1 Å². The summed E-state index contributed by atoms with van der Waals surface area (Å²) in [5.41, 5.74) is 0.751. The van der Waals surface area contributed by atoms with E-state index in [4.69, 9.17) is 0 Å². The minimum Gasteiger partial charge on any atom is -0.396 e. The van der Waals surface area contributed by atoms with Gasteiger partial charge in [-0.3, -0.25) is 0 Å². The van der Waals surface area contributed by atoms with Crippen LogP contribution in [0.1, 0.15) is 49.8 Å². The Labute approximate surface area is 151 Å². The SMILES string of the molecule is CCCCCCC(CO)C(c1ccccc1)S(=O)(=O)c1ccccc1. The van der Waals surface area contributed by atoms with Crippen LogP contribution in [0, 0.1) is 5.92 Å². The molecule has 136 valence electrons. The van der Waals surface area contributed by atoms with Crippen LogP contribution < -0.4 is 0 Å². The van der Waals surface area contributed by atoms with E-state index in [-0.39, 0.29) is 12.5 Å². The molecule has 0 heterocycles. The first kappa shape index (κ1) is 19.7. The lowest BCUT2D eigenvalue weighted by atomic mass is 9.93. The molecule has 0 bridgehead atoms. The molecule has 0 saturated heterocycles. The number of aliphatic hydroxyl groups is 1. The minimum atomic E-state index is -3.57. The average molecular weight is 361 g/mol. The molecule has 4 heteroatoms. The summed E-state index contributed by atoms with van der Waals surface area (Å²) in [6.45, 7) is 2.02. The molecule has 3 nitrogen and oxygen atoms in total. The van der Waals surface area contributed by atoms with Gasteiger partial charge in [0.2, 0.25) is 0 Å². The molecule has 0 fully saturated rings. The van der Waals surface area contributed by atoms with Crippen LogP contribution in [0.25, 0.3) is 0 Å². The van der Waals surface area contributed by atoms with Crippen molar-refractivity contribution in [1.82, 2.24) is 0 Å². The Hall–Kier alpha value is -1.65. The molecule has 2 aromatic carbocycles. The summed E-state index contributed by atoms with van der Waals surface area (Å²) >= 11 is 0. The van der Waals surface area contributed by atoms with Crippen molar-refractivity contribution in [2.45, 2.75) is 49.2 Å². The third-order valence-corrected chi connectivity index (χ3v) is 6.88. The average Bonchev–Trinajstić information content (AvgIpc) is 2.65. The summed E-state index contributed by atoms with van der Waals surface area (Å²) in [5, 5.41) is 9.24. The third kappa shape index (κ3) is 5.16. The summed E-state index contributed by atoms with van der Waals surface area (Å²) in [7, 11) is -3.57. The number of aliphatic hydroxyl groups excluding tert-OH is 1. The maximum absolute atomic E-state index is 13.3. The number of hydrogen-bond donors (Lipinski definition) is 1. The number of benzene rings is 2. The van der Waals surface area contributed by atoms with E-state index in [0.29, 0.717) is 11.3 Å². The molecule has 0 aliphatic carbocycles. The van der Waals surface area contributed by atoms with Crippen LogP contribution in [0.5, 0.6) is 0 Å². The van der Waals surface area contributed by atoms with Gasteiger partial charge in [0.25, 0.3) is 0 Å². The van der Waals surface area contributed by atoms with Crippen LogP contribution in [0.2, 0.25) is 0 Å². The van der Waals surface area contributed by atoms with Crippen LogP contribution in [-0.2, 0) is 9.84 Å². The fraction of sp³-hybridized carbons (Fsp3) is 0.429. The molecular weight excluding hydrogens is 332 g/mol. The second kappa shape index (κ2) is 9.73. The molecule has 0 saturated carbocycles. The first-order chi connectivity index (χ1) is 12.1. The van der Waals surface area contributed by atoms with E-state index in [2.05, 4.69) is 6.92 Å². The summed E-state index contributed by atoms with van der Waals surface area (Å²) in [6.07, 6.45) is 4.99. The van der Waals surface area contributed by atoms with E-state index in [0.717, 1.165) is 31.2 Å². The highest BCUT2D eigenvalue weighted by molar-refractivity contribution is 7.91. The van der Waals surface area contributed by atoms with Crippen molar-refractivity contribution in [1.29, 1.82) is 0 Å². The predicted octanol–water partition coefficient (Wildman–Crippen LogP) is 4.78. The van der Waals surface area contributed by atoms with E-state index >= 15 is 0 Å². The van der Waals surface area contributed by atoms with E-state index in [1.165, 1.54) is 0 Å². The minimum absolute atomic E-state index is 0.127. The Morgan fingerprint density at radius 3 is 2.04 bits per heavy atom. The smallest absolute Gasteiger partial charge is 0.185 e. The maximum Gasteiger partial charge on any atom is 0.185 e. The van der Waals surface area contributed by atoms with E-state index in [1.54, 1.807) is 24.3 Å². The molecule has 0 amide bonds. The van der Waals surface area contributed by atoms with E-state index < -0.39 is 15.1 Å². The van der Waals surface area contributed by atoms with Gasteiger partial charge in [-0.1, -0.05) is 81.1 Å². The van der Waals surface area contributed by atoms with Crippen LogP contribution in [0.3, 0.4) is 0 Å². The zero-order valence-corrected chi connectivity index (χ0v) is 15.7. The van der Waals surface area contributed by atoms with Crippen molar-refractivity contribution in [2.75, 3.05) is 6.61 Å². The Kier molecular flexibility index (Phi) is 7.66. The Morgan fingerprint density at radius 2 is 1.48 bits per heavy atom. The molecule has 1 N–H and O–H groups in total. The van der Waals surface area contributed by atoms with Crippen LogP contribution in [0.4, 0.5) is 0 Å². The number of unbranched alkanes of at least 4 members (excludes halogenated alkanes) is 3. The van der Waals surface area contributed by atoms with Crippen molar-refractivity contribution < 1.29 is 13.5 Å². The fourth-order valence-corrected chi connectivity index (χ4v) is 5.35. The number of hydrogen-bond acceptors (Lipinski definition) is 3. The molecular formula is C21H28O3S. The Balaban J connectivity index is 2.36. The lowest BCUT2D eigenvalue weighted by molar-refractivity contribution is 0.209. The second-order valence-electron chi connectivity index (χ2n) is 6.48. The first-order valence-corrected chi connectivity index (χ1v) is 10.6.